The third-order valence-corrected chi connectivity index (χ3v) is 4.32. The molecule has 20 heavy (non-hydrogen) atoms. The van der Waals surface area contributed by atoms with E-state index in [1.54, 1.807) is 0 Å². The monoisotopic (exact) mass is 286 g/mol. The van der Waals surface area contributed by atoms with Crippen LogP contribution in [-0.4, -0.2) is 60.5 Å². The van der Waals surface area contributed by atoms with E-state index in [1.165, 1.54) is 0 Å². The number of hydrogen-bond acceptors (Lipinski definition) is 4. The summed E-state index contributed by atoms with van der Waals surface area (Å²) in [4.78, 5) is 2.47. The van der Waals surface area contributed by atoms with Crippen molar-refractivity contribution < 1.29 is 9.84 Å². The second-order valence-corrected chi connectivity index (χ2v) is 7.68. The first-order valence-corrected chi connectivity index (χ1v) is 7.90. The summed E-state index contributed by atoms with van der Waals surface area (Å²) in [6, 6.07) is 0.429. The van der Waals surface area contributed by atoms with E-state index in [0.29, 0.717) is 6.04 Å². The summed E-state index contributed by atoms with van der Waals surface area (Å²) in [6.45, 7) is 17.2. The maximum absolute atomic E-state index is 9.30. The normalized spacial score (nSPS) is 28.4. The maximum atomic E-state index is 9.30. The van der Waals surface area contributed by atoms with Crippen LogP contribution in [0.5, 0.6) is 0 Å². The van der Waals surface area contributed by atoms with Crippen LogP contribution in [0.4, 0.5) is 0 Å². The van der Waals surface area contributed by atoms with Crippen molar-refractivity contribution in [2.75, 3.05) is 32.8 Å². The summed E-state index contributed by atoms with van der Waals surface area (Å²) < 4.78 is 5.62. The number of aliphatic hydroxyl groups excluding tert-OH is 1. The summed E-state index contributed by atoms with van der Waals surface area (Å²) in [5.41, 5.74) is 0.402. The molecule has 0 spiro atoms. The second-order valence-electron chi connectivity index (χ2n) is 7.68. The first-order chi connectivity index (χ1) is 9.19. The molecule has 2 N–H and O–H groups in total. The molecule has 1 saturated heterocycles. The first-order valence-electron chi connectivity index (χ1n) is 7.90. The lowest BCUT2D eigenvalue weighted by atomic mass is 9.85. The van der Waals surface area contributed by atoms with Gasteiger partial charge in [0.15, 0.2) is 0 Å². The molecule has 0 amide bonds. The van der Waals surface area contributed by atoms with Crippen molar-refractivity contribution in [1.29, 1.82) is 0 Å². The van der Waals surface area contributed by atoms with Crippen molar-refractivity contribution in [3.05, 3.63) is 0 Å². The van der Waals surface area contributed by atoms with Gasteiger partial charge in [0.25, 0.3) is 0 Å². The Hall–Kier alpha value is -0.160. The SMILES string of the molecule is CCC(C)(CNC(C)(C)C)CN1CC(CO)OCC1C. The summed E-state index contributed by atoms with van der Waals surface area (Å²) >= 11 is 0. The van der Waals surface area contributed by atoms with E-state index in [9.17, 15) is 5.11 Å². The van der Waals surface area contributed by atoms with E-state index >= 15 is 0 Å². The average Bonchev–Trinajstić information content (AvgIpc) is 2.38. The fourth-order valence-corrected chi connectivity index (χ4v) is 2.47. The molecule has 1 aliphatic rings. The number of nitrogens with zero attached hydrogens (tertiary/aromatic N) is 1. The Morgan fingerprint density at radius 1 is 1.30 bits per heavy atom. The first kappa shape index (κ1) is 17.9. The van der Waals surface area contributed by atoms with Gasteiger partial charge >= 0.3 is 0 Å². The van der Waals surface area contributed by atoms with Gasteiger partial charge in [0, 0.05) is 31.2 Å². The van der Waals surface area contributed by atoms with E-state index in [4.69, 9.17) is 4.74 Å². The zero-order chi connectivity index (χ0) is 15.4. The van der Waals surface area contributed by atoms with E-state index in [2.05, 4.69) is 51.8 Å². The number of nitrogens with one attached hydrogen (secondary N) is 1. The van der Waals surface area contributed by atoms with Crippen LogP contribution in [0, 0.1) is 5.41 Å². The second kappa shape index (κ2) is 7.21. The number of hydrogen-bond donors (Lipinski definition) is 2. The van der Waals surface area contributed by atoms with Crippen LogP contribution >= 0.6 is 0 Å². The number of morpholine rings is 1. The fraction of sp³-hybridized carbons (Fsp3) is 1.00. The Balaban J connectivity index is 2.60. The molecule has 0 aromatic carbocycles. The Morgan fingerprint density at radius 3 is 2.45 bits per heavy atom. The van der Waals surface area contributed by atoms with Gasteiger partial charge in [0.1, 0.15) is 0 Å². The molecule has 1 aliphatic heterocycles. The zero-order valence-corrected chi connectivity index (χ0v) is 14.2. The van der Waals surface area contributed by atoms with Crippen LogP contribution in [0.15, 0.2) is 0 Å². The molecule has 1 heterocycles. The van der Waals surface area contributed by atoms with Gasteiger partial charge in [0.2, 0.25) is 0 Å². The number of ether oxygens (including phenoxy) is 1. The minimum Gasteiger partial charge on any atom is -0.394 e. The van der Waals surface area contributed by atoms with Crippen molar-refractivity contribution >= 4 is 0 Å². The van der Waals surface area contributed by atoms with Crippen LogP contribution in [0.25, 0.3) is 0 Å². The molecular weight excluding hydrogens is 252 g/mol. The third kappa shape index (κ3) is 5.68. The highest BCUT2D eigenvalue weighted by Gasteiger charge is 2.32. The quantitative estimate of drug-likeness (QED) is 0.782. The third-order valence-electron chi connectivity index (χ3n) is 4.32. The van der Waals surface area contributed by atoms with Crippen LogP contribution in [-0.2, 0) is 4.74 Å². The molecule has 1 rings (SSSR count). The molecule has 3 atom stereocenters. The summed E-state index contributed by atoms with van der Waals surface area (Å²) in [6.07, 6.45) is 1.12. The van der Waals surface area contributed by atoms with Crippen LogP contribution in [0.2, 0.25) is 0 Å². The molecule has 120 valence electrons. The standard InChI is InChI=1S/C16H34N2O2/c1-7-16(6,11-17-15(3,4)5)12-18-8-14(9-19)20-10-13(18)2/h13-14,17,19H,7-12H2,1-6H3. The highest BCUT2D eigenvalue weighted by molar-refractivity contribution is 4.87. The molecular formula is C16H34N2O2. The van der Waals surface area contributed by atoms with Gasteiger partial charge in [0.05, 0.1) is 19.3 Å². The molecule has 0 bridgehead atoms. The van der Waals surface area contributed by atoms with Crippen molar-refractivity contribution in [2.45, 2.75) is 65.6 Å². The summed E-state index contributed by atoms with van der Waals surface area (Å²) in [5, 5.41) is 12.9. The molecule has 4 nitrogen and oxygen atoms in total. The van der Waals surface area contributed by atoms with Gasteiger partial charge < -0.3 is 15.2 Å². The smallest absolute Gasteiger partial charge is 0.0933 e. The van der Waals surface area contributed by atoms with E-state index in [1.807, 2.05) is 0 Å². The van der Waals surface area contributed by atoms with Crippen LogP contribution in [0.1, 0.15) is 48.0 Å². The lowest BCUT2D eigenvalue weighted by molar-refractivity contribution is -0.0874. The summed E-state index contributed by atoms with van der Waals surface area (Å²) in [7, 11) is 0. The van der Waals surface area contributed by atoms with Crippen LogP contribution in [0.3, 0.4) is 0 Å². The minimum atomic E-state index is -0.0251. The lowest BCUT2D eigenvalue weighted by Crippen LogP contribution is -2.54. The predicted molar refractivity (Wildman–Crippen MR) is 84.0 cm³/mol. The maximum Gasteiger partial charge on any atom is 0.0933 e. The van der Waals surface area contributed by atoms with Gasteiger partial charge in [-0.05, 0) is 39.5 Å². The van der Waals surface area contributed by atoms with Crippen molar-refractivity contribution in [2.24, 2.45) is 5.41 Å². The largest absolute Gasteiger partial charge is 0.394 e. The molecule has 1 fully saturated rings. The minimum absolute atomic E-state index is 0.0251. The van der Waals surface area contributed by atoms with Crippen molar-refractivity contribution in [1.82, 2.24) is 10.2 Å². The van der Waals surface area contributed by atoms with E-state index in [-0.39, 0.29) is 23.7 Å². The number of rotatable bonds is 6. The zero-order valence-electron chi connectivity index (χ0n) is 14.2. The molecule has 3 unspecified atom stereocenters. The van der Waals surface area contributed by atoms with Crippen LogP contribution < -0.4 is 5.32 Å². The van der Waals surface area contributed by atoms with Crippen molar-refractivity contribution in [3.8, 4) is 0 Å². The lowest BCUT2D eigenvalue weighted by Gasteiger charge is -2.43. The molecule has 0 aromatic rings. The van der Waals surface area contributed by atoms with Gasteiger partial charge in [-0.15, -0.1) is 0 Å². The van der Waals surface area contributed by atoms with Gasteiger partial charge in [-0.2, -0.15) is 0 Å². The topological polar surface area (TPSA) is 44.7 Å². The predicted octanol–water partition coefficient (Wildman–Crippen LogP) is 1.87. The molecule has 4 heteroatoms. The Labute approximate surface area is 124 Å². The molecule has 0 aliphatic carbocycles. The number of aliphatic hydroxyl groups is 1. The fourth-order valence-electron chi connectivity index (χ4n) is 2.47. The molecule has 0 radical (unpaired) electrons. The highest BCUT2D eigenvalue weighted by Crippen LogP contribution is 2.25. The summed E-state index contributed by atoms with van der Waals surface area (Å²) in [5.74, 6) is 0. The Morgan fingerprint density at radius 2 is 1.95 bits per heavy atom. The van der Waals surface area contributed by atoms with Gasteiger partial charge in [-0.1, -0.05) is 13.8 Å². The van der Waals surface area contributed by atoms with E-state index in [0.717, 1.165) is 32.7 Å². The van der Waals surface area contributed by atoms with Crippen molar-refractivity contribution in [3.63, 3.8) is 0 Å². The highest BCUT2D eigenvalue weighted by atomic mass is 16.5. The van der Waals surface area contributed by atoms with Gasteiger partial charge in [-0.25, -0.2) is 0 Å². The Kier molecular flexibility index (Phi) is 6.45. The van der Waals surface area contributed by atoms with E-state index < -0.39 is 0 Å². The van der Waals surface area contributed by atoms with Gasteiger partial charge in [-0.3, -0.25) is 4.90 Å². The Bertz CT molecular complexity index is 291. The molecule has 0 saturated carbocycles. The molecule has 0 aromatic heterocycles. The average molecular weight is 286 g/mol.